The normalized spacial score (nSPS) is 11.4. The number of anilines is 4. The van der Waals surface area contributed by atoms with E-state index >= 15 is 0 Å². The zero-order valence-corrected chi connectivity index (χ0v) is 17.6. The van der Waals surface area contributed by atoms with Crippen LogP contribution in [0.5, 0.6) is 5.75 Å². The standard InChI is InChI=1S/C21H15F4N5O2S/c1-10-8-12(4-7-14(10)22)29-18-15-16(26)17(33-20(15)28-9-27-18)19(31)30-11-2-5-13(6-3-11)32-21(23,24)25/h2-9H,26H2,1H3,(H,30,31)(H,27,28,29). The van der Waals surface area contributed by atoms with Crippen molar-refractivity contribution in [1.29, 1.82) is 0 Å². The van der Waals surface area contributed by atoms with Crippen molar-refractivity contribution in [3.8, 4) is 5.75 Å². The fourth-order valence-electron chi connectivity index (χ4n) is 3.01. The number of alkyl halides is 3. The molecular formula is C21H15F4N5O2S. The molecule has 4 rings (SSSR count). The van der Waals surface area contributed by atoms with E-state index in [1.54, 1.807) is 19.1 Å². The highest BCUT2D eigenvalue weighted by Gasteiger charge is 2.31. The van der Waals surface area contributed by atoms with Gasteiger partial charge in [0.15, 0.2) is 0 Å². The summed E-state index contributed by atoms with van der Waals surface area (Å²) in [5.41, 5.74) is 7.61. The van der Waals surface area contributed by atoms with E-state index < -0.39 is 18.0 Å². The number of rotatable bonds is 5. The molecule has 0 aliphatic heterocycles. The maximum atomic E-state index is 13.5. The summed E-state index contributed by atoms with van der Waals surface area (Å²) in [5.74, 6) is -0.986. The highest BCUT2D eigenvalue weighted by Crippen LogP contribution is 2.37. The summed E-state index contributed by atoms with van der Waals surface area (Å²) in [5, 5.41) is 6.05. The Labute approximate surface area is 188 Å². The average Bonchev–Trinajstić information content (AvgIpc) is 3.09. The number of nitrogens with two attached hydrogens (primary N) is 1. The Kier molecular flexibility index (Phi) is 5.77. The lowest BCUT2D eigenvalue weighted by molar-refractivity contribution is -0.274. The Morgan fingerprint density at radius 3 is 2.45 bits per heavy atom. The Morgan fingerprint density at radius 2 is 1.79 bits per heavy atom. The summed E-state index contributed by atoms with van der Waals surface area (Å²) in [4.78, 5) is 21.7. The van der Waals surface area contributed by atoms with Gasteiger partial charge in [0.05, 0.1) is 11.1 Å². The predicted molar refractivity (Wildman–Crippen MR) is 117 cm³/mol. The van der Waals surface area contributed by atoms with Crippen molar-refractivity contribution in [2.75, 3.05) is 16.4 Å². The van der Waals surface area contributed by atoms with E-state index in [1.807, 2.05) is 0 Å². The van der Waals surface area contributed by atoms with Crippen molar-refractivity contribution in [3.63, 3.8) is 0 Å². The molecule has 0 fully saturated rings. The van der Waals surface area contributed by atoms with Gasteiger partial charge in [0.1, 0.15) is 33.4 Å². The number of carbonyl (C=O) groups excluding carboxylic acids is 1. The van der Waals surface area contributed by atoms with Crippen LogP contribution in [-0.2, 0) is 0 Å². The van der Waals surface area contributed by atoms with Crippen molar-refractivity contribution in [1.82, 2.24) is 9.97 Å². The second kappa shape index (κ2) is 8.54. The zero-order valence-electron chi connectivity index (χ0n) is 16.8. The number of fused-ring (bicyclic) bond motifs is 1. The minimum absolute atomic E-state index is 0.131. The molecule has 2 heterocycles. The van der Waals surface area contributed by atoms with Crippen molar-refractivity contribution < 1.29 is 27.1 Å². The number of aryl methyl sites for hydroxylation is 1. The molecule has 0 saturated carbocycles. The minimum Gasteiger partial charge on any atom is -0.406 e. The van der Waals surface area contributed by atoms with E-state index in [-0.39, 0.29) is 22.1 Å². The molecule has 2 aromatic carbocycles. The predicted octanol–water partition coefficient (Wildman–Crippen LogP) is 5.62. The van der Waals surface area contributed by atoms with Gasteiger partial charge in [-0.05, 0) is 55.0 Å². The molecule has 0 unspecified atom stereocenters. The van der Waals surface area contributed by atoms with Crippen LogP contribution in [0.1, 0.15) is 15.2 Å². The maximum absolute atomic E-state index is 13.5. The number of ether oxygens (including phenoxy) is 1. The largest absolute Gasteiger partial charge is 0.573 e. The third-order valence-corrected chi connectivity index (χ3v) is 5.61. The minimum atomic E-state index is -4.81. The molecule has 33 heavy (non-hydrogen) atoms. The number of aromatic nitrogens is 2. The Morgan fingerprint density at radius 1 is 1.09 bits per heavy atom. The number of hydrogen-bond acceptors (Lipinski definition) is 7. The van der Waals surface area contributed by atoms with Crippen molar-refractivity contribution >= 4 is 50.3 Å². The molecule has 12 heteroatoms. The number of nitrogen functional groups attached to an aromatic ring is 1. The van der Waals surface area contributed by atoms with Gasteiger partial charge in [-0.3, -0.25) is 4.79 Å². The van der Waals surface area contributed by atoms with Crippen LogP contribution in [-0.4, -0.2) is 22.2 Å². The Hall–Kier alpha value is -3.93. The van der Waals surface area contributed by atoms with Gasteiger partial charge in [-0.25, -0.2) is 14.4 Å². The van der Waals surface area contributed by atoms with Gasteiger partial charge in [0.2, 0.25) is 0 Å². The van der Waals surface area contributed by atoms with Gasteiger partial charge in [0, 0.05) is 11.4 Å². The molecule has 0 saturated heterocycles. The van der Waals surface area contributed by atoms with Crippen LogP contribution < -0.4 is 21.1 Å². The number of benzene rings is 2. The van der Waals surface area contributed by atoms with Gasteiger partial charge in [-0.1, -0.05) is 0 Å². The lowest BCUT2D eigenvalue weighted by Crippen LogP contribution is -2.17. The lowest BCUT2D eigenvalue weighted by Gasteiger charge is -2.10. The molecule has 0 atom stereocenters. The molecule has 0 spiro atoms. The summed E-state index contributed by atoms with van der Waals surface area (Å²) in [6.45, 7) is 1.62. The van der Waals surface area contributed by atoms with E-state index in [9.17, 15) is 22.4 Å². The van der Waals surface area contributed by atoms with E-state index in [1.165, 1.54) is 24.5 Å². The van der Waals surface area contributed by atoms with Gasteiger partial charge in [-0.2, -0.15) is 0 Å². The topological polar surface area (TPSA) is 102 Å². The van der Waals surface area contributed by atoms with E-state index in [0.717, 1.165) is 23.5 Å². The number of nitrogens with zero attached hydrogens (tertiary/aromatic N) is 2. The van der Waals surface area contributed by atoms with Crippen LogP contribution in [0.25, 0.3) is 10.2 Å². The van der Waals surface area contributed by atoms with Gasteiger partial charge in [-0.15, -0.1) is 24.5 Å². The molecule has 7 nitrogen and oxygen atoms in total. The van der Waals surface area contributed by atoms with Crippen LogP contribution in [0.3, 0.4) is 0 Å². The van der Waals surface area contributed by atoms with Crippen molar-refractivity contribution in [3.05, 3.63) is 65.0 Å². The molecule has 4 N–H and O–H groups in total. The van der Waals surface area contributed by atoms with Gasteiger partial charge in [0.25, 0.3) is 5.91 Å². The molecular weight excluding hydrogens is 462 g/mol. The summed E-state index contributed by atoms with van der Waals surface area (Å²) < 4.78 is 54.2. The summed E-state index contributed by atoms with van der Waals surface area (Å²) >= 11 is 1.03. The molecule has 0 bridgehead atoms. The zero-order chi connectivity index (χ0) is 23.8. The first-order valence-corrected chi connectivity index (χ1v) is 10.2. The SMILES string of the molecule is Cc1cc(Nc2ncnc3sc(C(=O)Nc4ccc(OC(F)(F)F)cc4)c(N)c23)ccc1F. The fourth-order valence-corrected chi connectivity index (χ4v) is 3.96. The Balaban J connectivity index is 1.58. The highest BCUT2D eigenvalue weighted by molar-refractivity contribution is 7.21. The highest BCUT2D eigenvalue weighted by atomic mass is 32.1. The Bertz CT molecular complexity index is 1340. The van der Waals surface area contributed by atoms with E-state index in [0.29, 0.717) is 27.3 Å². The molecule has 170 valence electrons. The summed E-state index contributed by atoms with van der Waals surface area (Å²) in [6.07, 6.45) is -3.51. The average molecular weight is 477 g/mol. The van der Waals surface area contributed by atoms with Crippen LogP contribution in [0.2, 0.25) is 0 Å². The first kappa shape index (κ1) is 22.3. The molecule has 0 aliphatic rings. The number of hydrogen-bond donors (Lipinski definition) is 3. The lowest BCUT2D eigenvalue weighted by atomic mass is 10.2. The molecule has 0 radical (unpaired) electrons. The number of amides is 1. The first-order chi connectivity index (χ1) is 15.6. The van der Waals surface area contributed by atoms with E-state index in [4.69, 9.17) is 5.73 Å². The second-order valence-corrected chi connectivity index (χ2v) is 7.86. The van der Waals surface area contributed by atoms with Crippen molar-refractivity contribution in [2.24, 2.45) is 0 Å². The molecule has 2 aromatic heterocycles. The van der Waals surface area contributed by atoms with Crippen LogP contribution >= 0.6 is 11.3 Å². The van der Waals surface area contributed by atoms with E-state index in [2.05, 4.69) is 25.3 Å². The second-order valence-electron chi connectivity index (χ2n) is 6.86. The van der Waals surface area contributed by atoms with Crippen molar-refractivity contribution in [2.45, 2.75) is 13.3 Å². The number of nitrogens with one attached hydrogen (secondary N) is 2. The summed E-state index contributed by atoms with van der Waals surface area (Å²) in [6, 6.07) is 9.16. The quantitative estimate of drug-likeness (QED) is 0.323. The van der Waals surface area contributed by atoms with Gasteiger partial charge >= 0.3 is 6.36 Å². The molecule has 1 amide bonds. The third kappa shape index (κ3) is 4.95. The van der Waals surface area contributed by atoms with Crippen LogP contribution in [0, 0.1) is 12.7 Å². The fraction of sp³-hybridized carbons (Fsp3) is 0.0952. The molecule has 4 aromatic rings. The first-order valence-electron chi connectivity index (χ1n) is 9.34. The number of carbonyl (C=O) groups is 1. The number of thiophene rings is 1. The molecule has 0 aliphatic carbocycles. The van der Waals surface area contributed by atoms with Gasteiger partial charge < -0.3 is 21.1 Å². The maximum Gasteiger partial charge on any atom is 0.573 e. The summed E-state index contributed by atoms with van der Waals surface area (Å²) in [7, 11) is 0. The number of halogens is 4. The monoisotopic (exact) mass is 477 g/mol. The van der Waals surface area contributed by atoms with Crippen LogP contribution in [0.4, 0.5) is 40.4 Å². The smallest absolute Gasteiger partial charge is 0.406 e. The van der Waals surface area contributed by atoms with Crippen LogP contribution in [0.15, 0.2) is 48.8 Å². The third-order valence-electron chi connectivity index (χ3n) is 4.50.